The lowest BCUT2D eigenvalue weighted by Gasteiger charge is -2.15. The van der Waals surface area contributed by atoms with E-state index >= 15 is 0 Å². The second-order valence-electron chi connectivity index (χ2n) is 4.03. The average molecular weight is 265 g/mol. The van der Waals surface area contributed by atoms with Crippen LogP contribution in [0.5, 0.6) is 0 Å². The molecule has 0 saturated carbocycles. The number of benzene rings is 1. The van der Waals surface area contributed by atoms with Gasteiger partial charge >= 0.3 is 0 Å². The van der Waals surface area contributed by atoms with Gasteiger partial charge in [-0.25, -0.2) is 4.39 Å². The lowest BCUT2D eigenvalue weighted by molar-refractivity contribution is 0.326. The Morgan fingerprint density at radius 1 is 1.50 bits per heavy atom. The molecule has 1 aromatic carbocycles. The number of halogens is 3. The number of hydrogen-bond acceptors (Lipinski definition) is 2. The molecule has 0 radical (unpaired) electrons. The highest BCUT2D eigenvalue weighted by Gasteiger charge is 2.18. The molecule has 1 heterocycles. The maximum atomic E-state index is 13.2. The van der Waals surface area contributed by atoms with Gasteiger partial charge in [0, 0.05) is 25.7 Å². The second kappa shape index (κ2) is 5.82. The molecule has 1 atom stereocenters. The molecular formula is C11H15Cl2FN2. The van der Waals surface area contributed by atoms with Crippen LogP contribution in [0.4, 0.5) is 4.39 Å². The molecule has 0 amide bonds. The second-order valence-corrected chi connectivity index (χ2v) is 4.44. The largest absolute Gasteiger partial charge is 0.326 e. The van der Waals surface area contributed by atoms with Crippen LogP contribution in [-0.2, 0) is 6.54 Å². The molecule has 0 aromatic heterocycles. The van der Waals surface area contributed by atoms with Gasteiger partial charge in [-0.15, -0.1) is 12.4 Å². The van der Waals surface area contributed by atoms with E-state index in [1.54, 1.807) is 6.07 Å². The van der Waals surface area contributed by atoms with Crippen molar-refractivity contribution in [1.82, 2.24) is 4.90 Å². The predicted molar refractivity (Wildman–Crippen MR) is 66.5 cm³/mol. The molecule has 2 nitrogen and oxygen atoms in total. The number of nitrogens with zero attached hydrogens (tertiary/aromatic N) is 1. The van der Waals surface area contributed by atoms with Crippen molar-refractivity contribution in [2.45, 2.75) is 19.0 Å². The summed E-state index contributed by atoms with van der Waals surface area (Å²) >= 11 is 5.61. The highest BCUT2D eigenvalue weighted by molar-refractivity contribution is 6.30. The van der Waals surface area contributed by atoms with E-state index in [-0.39, 0.29) is 29.3 Å². The topological polar surface area (TPSA) is 29.3 Å². The van der Waals surface area contributed by atoms with Crippen molar-refractivity contribution >= 4 is 24.0 Å². The smallest absolute Gasteiger partial charge is 0.142 e. The third kappa shape index (κ3) is 3.32. The summed E-state index contributed by atoms with van der Waals surface area (Å²) in [6.45, 7) is 2.64. The van der Waals surface area contributed by atoms with Gasteiger partial charge in [0.1, 0.15) is 5.82 Å². The summed E-state index contributed by atoms with van der Waals surface area (Å²) in [5.41, 5.74) is 6.75. The first-order valence-electron chi connectivity index (χ1n) is 5.07. The molecule has 2 rings (SSSR count). The minimum absolute atomic E-state index is 0. The van der Waals surface area contributed by atoms with Crippen LogP contribution in [0.15, 0.2) is 18.2 Å². The molecule has 16 heavy (non-hydrogen) atoms. The van der Waals surface area contributed by atoms with Gasteiger partial charge in [-0.2, -0.15) is 0 Å². The van der Waals surface area contributed by atoms with Crippen LogP contribution in [0, 0.1) is 5.82 Å². The number of nitrogens with two attached hydrogens (primary N) is 1. The fourth-order valence-corrected chi connectivity index (χ4v) is 2.02. The summed E-state index contributed by atoms with van der Waals surface area (Å²) in [6.07, 6.45) is 1.02. The Morgan fingerprint density at radius 2 is 2.25 bits per heavy atom. The fourth-order valence-electron chi connectivity index (χ4n) is 1.90. The first-order chi connectivity index (χ1) is 7.15. The van der Waals surface area contributed by atoms with Crippen LogP contribution in [0.2, 0.25) is 5.02 Å². The summed E-state index contributed by atoms with van der Waals surface area (Å²) in [5.74, 6) is -0.349. The Balaban J connectivity index is 0.00000128. The Kier molecular flexibility index (Phi) is 4.99. The molecule has 1 aliphatic heterocycles. The molecule has 1 aliphatic rings. The predicted octanol–water partition coefficient (Wildman–Crippen LogP) is 2.43. The molecule has 2 N–H and O–H groups in total. The van der Waals surface area contributed by atoms with Crippen molar-refractivity contribution in [2.75, 3.05) is 13.1 Å². The summed E-state index contributed by atoms with van der Waals surface area (Å²) in [4.78, 5) is 2.23. The number of hydrogen-bond donors (Lipinski definition) is 1. The zero-order valence-corrected chi connectivity index (χ0v) is 10.4. The molecule has 0 bridgehead atoms. The van der Waals surface area contributed by atoms with Crippen LogP contribution in [0.25, 0.3) is 0 Å². The summed E-state index contributed by atoms with van der Waals surface area (Å²) in [6, 6.07) is 5.21. The summed E-state index contributed by atoms with van der Waals surface area (Å²) in [7, 11) is 0. The van der Waals surface area contributed by atoms with Gasteiger partial charge in [-0.05, 0) is 24.1 Å². The maximum absolute atomic E-state index is 13.2. The van der Waals surface area contributed by atoms with Gasteiger partial charge in [0.2, 0.25) is 0 Å². The van der Waals surface area contributed by atoms with Crippen LogP contribution in [-0.4, -0.2) is 24.0 Å². The van der Waals surface area contributed by atoms with E-state index in [4.69, 9.17) is 17.3 Å². The van der Waals surface area contributed by atoms with E-state index in [1.807, 2.05) is 6.07 Å². The molecule has 0 aliphatic carbocycles. The van der Waals surface area contributed by atoms with E-state index in [0.29, 0.717) is 0 Å². The van der Waals surface area contributed by atoms with Gasteiger partial charge in [-0.1, -0.05) is 17.7 Å². The van der Waals surface area contributed by atoms with E-state index in [0.717, 1.165) is 31.6 Å². The quantitative estimate of drug-likeness (QED) is 0.889. The monoisotopic (exact) mass is 264 g/mol. The number of likely N-dealkylation sites (tertiary alicyclic amines) is 1. The number of rotatable bonds is 2. The van der Waals surface area contributed by atoms with Gasteiger partial charge in [0.15, 0.2) is 0 Å². The molecule has 0 unspecified atom stereocenters. The van der Waals surface area contributed by atoms with Crippen molar-refractivity contribution in [3.8, 4) is 0 Å². The third-order valence-electron chi connectivity index (χ3n) is 2.70. The fraction of sp³-hybridized carbons (Fsp3) is 0.455. The molecule has 1 saturated heterocycles. The highest BCUT2D eigenvalue weighted by atomic mass is 35.5. The SMILES string of the molecule is Cl.N[C@@H]1CCN(Cc2ccc(Cl)c(F)c2)C1. The zero-order chi connectivity index (χ0) is 10.8. The third-order valence-corrected chi connectivity index (χ3v) is 3.01. The van der Waals surface area contributed by atoms with E-state index in [9.17, 15) is 4.39 Å². The Morgan fingerprint density at radius 3 is 2.81 bits per heavy atom. The summed E-state index contributed by atoms with van der Waals surface area (Å²) in [5, 5.41) is 0.178. The van der Waals surface area contributed by atoms with Crippen molar-refractivity contribution in [3.05, 3.63) is 34.6 Å². The zero-order valence-electron chi connectivity index (χ0n) is 8.83. The van der Waals surface area contributed by atoms with Crippen molar-refractivity contribution in [3.63, 3.8) is 0 Å². The van der Waals surface area contributed by atoms with Crippen LogP contribution in [0.1, 0.15) is 12.0 Å². The van der Waals surface area contributed by atoms with E-state index in [1.165, 1.54) is 6.07 Å². The highest BCUT2D eigenvalue weighted by Crippen LogP contribution is 2.18. The van der Waals surface area contributed by atoms with E-state index < -0.39 is 0 Å². The van der Waals surface area contributed by atoms with Crippen LogP contribution < -0.4 is 5.73 Å². The molecule has 1 fully saturated rings. The normalized spacial score (nSPS) is 20.8. The average Bonchev–Trinajstić information content (AvgIpc) is 2.58. The van der Waals surface area contributed by atoms with Crippen LogP contribution in [0.3, 0.4) is 0 Å². The molecule has 1 aromatic rings. The standard InChI is InChI=1S/C11H14ClFN2.ClH/c12-10-2-1-8(5-11(10)13)6-15-4-3-9(14)7-15;/h1-2,5,9H,3-4,6-7,14H2;1H/t9-;/m1./s1. The first kappa shape index (κ1) is 13.7. The minimum atomic E-state index is -0.349. The van der Waals surface area contributed by atoms with Gasteiger partial charge in [0.25, 0.3) is 0 Å². The Labute approximate surface area is 106 Å². The summed E-state index contributed by atoms with van der Waals surface area (Å²) < 4.78 is 13.2. The van der Waals surface area contributed by atoms with E-state index in [2.05, 4.69) is 4.90 Å². The van der Waals surface area contributed by atoms with Crippen molar-refractivity contribution in [1.29, 1.82) is 0 Å². The molecule has 0 spiro atoms. The minimum Gasteiger partial charge on any atom is -0.326 e. The Bertz CT molecular complexity index is 360. The lowest BCUT2D eigenvalue weighted by Crippen LogP contribution is -2.26. The lowest BCUT2D eigenvalue weighted by atomic mass is 10.2. The molecule has 90 valence electrons. The van der Waals surface area contributed by atoms with Crippen LogP contribution >= 0.6 is 24.0 Å². The first-order valence-corrected chi connectivity index (χ1v) is 5.45. The van der Waals surface area contributed by atoms with Gasteiger partial charge < -0.3 is 5.73 Å². The Hall–Kier alpha value is -0.350. The maximum Gasteiger partial charge on any atom is 0.142 e. The molecule has 5 heteroatoms. The van der Waals surface area contributed by atoms with Gasteiger partial charge in [-0.3, -0.25) is 4.90 Å². The van der Waals surface area contributed by atoms with Gasteiger partial charge in [0.05, 0.1) is 5.02 Å². The van der Waals surface area contributed by atoms with Crippen molar-refractivity contribution in [2.24, 2.45) is 5.73 Å². The molecular weight excluding hydrogens is 250 g/mol. The van der Waals surface area contributed by atoms with Crippen molar-refractivity contribution < 1.29 is 4.39 Å².